The van der Waals surface area contributed by atoms with Crippen LogP contribution in [0.4, 0.5) is 0 Å². The summed E-state index contributed by atoms with van der Waals surface area (Å²) in [7, 11) is 1.63. The molecule has 1 aromatic rings. The lowest BCUT2D eigenvalue weighted by molar-refractivity contribution is -0.00847. The molecule has 0 saturated heterocycles. The molecule has 0 aliphatic rings. The molecule has 14 heavy (non-hydrogen) atoms. The second-order valence-corrected chi connectivity index (χ2v) is 2.74. The molecule has 0 amide bonds. The van der Waals surface area contributed by atoms with Crippen LogP contribution in [0.3, 0.4) is 0 Å². The summed E-state index contributed by atoms with van der Waals surface area (Å²) in [6, 6.07) is 7.22. The van der Waals surface area contributed by atoms with Gasteiger partial charge in [0.2, 0.25) is 0 Å². The minimum atomic E-state index is 0.215. The summed E-state index contributed by atoms with van der Waals surface area (Å²) in [5, 5.41) is 0. The van der Waals surface area contributed by atoms with E-state index in [-0.39, 0.29) is 6.79 Å². The van der Waals surface area contributed by atoms with Gasteiger partial charge in [0.25, 0.3) is 0 Å². The van der Waals surface area contributed by atoms with Crippen LogP contribution < -0.4 is 4.74 Å². The zero-order chi connectivity index (χ0) is 10.2. The minimum Gasteiger partial charge on any atom is -0.468 e. The molecule has 1 aromatic carbocycles. The molecule has 0 aliphatic carbocycles. The summed E-state index contributed by atoms with van der Waals surface area (Å²) < 4.78 is 15.2. The van der Waals surface area contributed by atoms with Crippen molar-refractivity contribution in [3.63, 3.8) is 0 Å². The molecule has 0 N–H and O–H groups in total. The lowest BCUT2D eigenvalue weighted by Gasteiger charge is -2.06. The third-order valence-electron chi connectivity index (χ3n) is 1.60. The first-order chi connectivity index (χ1) is 6.83. The first-order valence-electron chi connectivity index (χ1n) is 4.38. The number of hydrogen-bond acceptors (Lipinski definition) is 3. The Balaban J connectivity index is 2.18. The molecule has 0 atom stereocenters. The highest BCUT2D eigenvalue weighted by Crippen LogP contribution is 2.11. The van der Waals surface area contributed by atoms with Crippen LogP contribution >= 0.6 is 0 Å². The Morgan fingerprint density at radius 1 is 1.29 bits per heavy atom. The van der Waals surface area contributed by atoms with Gasteiger partial charge in [0.15, 0.2) is 6.79 Å². The van der Waals surface area contributed by atoms with Crippen LogP contribution in [0.1, 0.15) is 5.56 Å². The molecule has 0 aliphatic heterocycles. The smallest absolute Gasteiger partial charge is 0.189 e. The maximum absolute atomic E-state index is 5.57. The zero-order valence-electron chi connectivity index (χ0n) is 8.23. The Hall–Kier alpha value is -1.06. The average molecular weight is 194 g/mol. The largest absolute Gasteiger partial charge is 0.468 e. The monoisotopic (exact) mass is 194 g/mol. The Kier molecular flexibility index (Phi) is 5.04. The van der Waals surface area contributed by atoms with Crippen molar-refractivity contribution >= 4 is 0 Å². The van der Waals surface area contributed by atoms with Gasteiger partial charge in [0.05, 0.1) is 13.2 Å². The van der Waals surface area contributed by atoms with Gasteiger partial charge in [0.1, 0.15) is 5.75 Å². The molecule has 0 saturated carbocycles. The van der Waals surface area contributed by atoms with E-state index in [1.807, 2.05) is 12.1 Å². The highest BCUT2D eigenvalue weighted by Gasteiger charge is 1.93. The third-order valence-corrected chi connectivity index (χ3v) is 1.60. The molecule has 2 radical (unpaired) electrons. The van der Waals surface area contributed by atoms with Crippen molar-refractivity contribution in [3.05, 3.63) is 36.8 Å². The van der Waals surface area contributed by atoms with Gasteiger partial charge >= 0.3 is 0 Å². The van der Waals surface area contributed by atoms with Crippen LogP contribution in [0.2, 0.25) is 0 Å². The molecule has 76 valence electrons. The summed E-state index contributed by atoms with van der Waals surface area (Å²) in [6.45, 7) is 6.88. The topological polar surface area (TPSA) is 27.7 Å². The fourth-order valence-electron chi connectivity index (χ4n) is 0.915. The van der Waals surface area contributed by atoms with Gasteiger partial charge in [-0.3, -0.25) is 0 Å². The van der Waals surface area contributed by atoms with Gasteiger partial charge in [-0.2, -0.15) is 0 Å². The maximum Gasteiger partial charge on any atom is 0.189 e. The first kappa shape index (κ1) is 11.0. The number of methoxy groups -OCH3 is 1. The second kappa shape index (κ2) is 6.40. The number of ether oxygens (including phenoxy) is 3. The van der Waals surface area contributed by atoms with Gasteiger partial charge in [-0.05, 0) is 24.6 Å². The number of rotatable bonds is 6. The molecular weight excluding hydrogens is 180 g/mol. The molecule has 1 rings (SSSR count). The van der Waals surface area contributed by atoms with E-state index < -0.39 is 0 Å². The van der Waals surface area contributed by atoms with E-state index in [1.165, 1.54) is 0 Å². The van der Waals surface area contributed by atoms with Crippen molar-refractivity contribution in [3.8, 4) is 5.75 Å². The average Bonchev–Trinajstić information content (AvgIpc) is 2.18. The van der Waals surface area contributed by atoms with Gasteiger partial charge in [-0.15, -0.1) is 0 Å². The number of hydrogen-bond donors (Lipinski definition) is 0. The maximum atomic E-state index is 5.57. The summed E-state index contributed by atoms with van der Waals surface area (Å²) in [6.07, 6.45) is 0. The Morgan fingerprint density at radius 2 is 2.14 bits per heavy atom. The van der Waals surface area contributed by atoms with Gasteiger partial charge in [0, 0.05) is 7.11 Å². The summed E-state index contributed by atoms with van der Waals surface area (Å²) >= 11 is 0. The van der Waals surface area contributed by atoms with Crippen molar-refractivity contribution in [2.75, 3.05) is 27.1 Å². The summed E-state index contributed by atoms with van der Waals surface area (Å²) in [5.74, 6) is 0.711. The predicted molar refractivity (Wildman–Crippen MR) is 53.2 cm³/mol. The molecule has 3 heteroatoms. The van der Waals surface area contributed by atoms with Crippen molar-refractivity contribution < 1.29 is 14.2 Å². The predicted octanol–water partition coefficient (Wildman–Crippen LogP) is 1.75. The van der Waals surface area contributed by atoms with Crippen LogP contribution in [0, 0.1) is 6.92 Å². The minimum absolute atomic E-state index is 0.215. The second-order valence-electron chi connectivity index (χ2n) is 2.74. The highest BCUT2D eigenvalue weighted by atomic mass is 16.7. The fraction of sp³-hybridized carbons (Fsp3) is 0.364. The van der Waals surface area contributed by atoms with E-state index in [2.05, 4.69) is 0 Å². The molecular formula is C11H14O3. The van der Waals surface area contributed by atoms with Gasteiger partial charge in [-0.25, -0.2) is 0 Å². The fourth-order valence-corrected chi connectivity index (χ4v) is 0.915. The molecule has 0 heterocycles. The standard InChI is InChI=1S/C11H14O3/c1-10-4-3-5-11(8-10)14-9-13-7-6-12-2/h1,3-5,8H,6-7,9H2,2H3. The highest BCUT2D eigenvalue weighted by molar-refractivity contribution is 5.29. The molecule has 0 unspecified atom stereocenters. The molecule has 0 fully saturated rings. The Bertz CT molecular complexity index is 260. The van der Waals surface area contributed by atoms with Crippen molar-refractivity contribution in [2.45, 2.75) is 0 Å². The lowest BCUT2D eigenvalue weighted by atomic mass is 10.2. The van der Waals surface area contributed by atoms with Gasteiger partial charge in [-0.1, -0.05) is 12.1 Å². The molecule has 3 nitrogen and oxygen atoms in total. The first-order valence-corrected chi connectivity index (χ1v) is 4.38. The van der Waals surface area contributed by atoms with Crippen molar-refractivity contribution in [1.82, 2.24) is 0 Å². The van der Waals surface area contributed by atoms with Crippen LogP contribution in [0.15, 0.2) is 24.3 Å². The quantitative estimate of drug-likeness (QED) is 0.510. The molecule has 0 aromatic heterocycles. The van der Waals surface area contributed by atoms with E-state index in [9.17, 15) is 0 Å². The Morgan fingerprint density at radius 3 is 2.86 bits per heavy atom. The van der Waals surface area contributed by atoms with E-state index in [0.29, 0.717) is 24.5 Å². The molecule has 0 bridgehead atoms. The Labute approximate surface area is 84.6 Å². The van der Waals surface area contributed by atoms with Crippen LogP contribution in [-0.4, -0.2) is 27.1 Å². The van der Waals surface area contributed by atoms with E-state index in [1.54, 1.807) is 19.2 Å². The SMILES string of the molecule is [CH]c1cccc(OCOCCOC)c1. The van der Waals surface area contributed by atoms with Crippen molar-refractivity contribution in [1.29, 1.82) is 0 Å². The van der Waals surface area contributed by atoms with Crippen LogP contribution in [0.25, 0.3) is 0 Å². The normalized spacial score (nSPS) is 10.1. The van der Waals surface area contributed by atoms with E-state index in [0.717, 1.165) is 0 Å². The van der Waals surface area contributed by atoms with Crippen molar-refractivity contribution in [2.24, 2.45) is 0 Å². The third kappa shape index (κ3) is 4.25. The summed E-state index contributed by atoms with van der Waals surface area (Å²) in [5.41, 5.74) is 0.680. The number of benzene rings is 1. The molecule has 0 spiro atoms. The van der Waals surface area contributed by atoms with Crippen LogP contribution in [0.5, 0.6) is 5.75 Å². The lowest BCUT2D eigenvalue weighted by Crippen LogP contribution is -2.07. The van der Waals surface area contributed by atoms with Gasteiger partial charge < -0.3 is 14.2 Å². The van der Waals surface area contributed by atoms with E-state index in [4.69, 9.17) is 21.1 Å². The van der Waals surface area contributed by atoms with Crippen LogP contribution in [-0.2, 0) is 9.47 Å². The zero-order valence-corrected chi connectivity index (χ0v) is 8.23. The van der Waals surface area contributed by atoms with E-state index >= 15 is 0 Å². The summed E-state index contributed by atoms with van der Waals surface area (Å²) in [4.78, 5) is 0.